The SMILES string of the molecule is CN(C)C(=O)CCCC(=O)N(CCC(=O)O)Cc1ccc(F)c(F)c1. The molecular formula is C17H22F2N2O4. The van der Waals surface area contributed by atoms with Gasteiger partial charge in [0.2, 0.25) is 11.8 Å². The molecule has 2 amide bonds. The molecule has 0 unspecified atom stereocenters. The lowest BCUT2D eigenvalue weighted by atomic mass is 10.1. The summed E-state index contributed by atoms with van der Waals surface area (Å²) in [6.07, 6.45) is 0.350. The summed E-state index contributed by atoms with van der Waals surface area (Å²) in [6, 6.07) is 3.28. The number of rotatable bonds is 9. The van der Waals surface area contributed by atoms with Gasteiger partial charge in [-0.25, -0.2) is 8.78 Å². The van der Waals surface area contributed by atoms with E-state index in [0.717, 1.165) is 12.1 Å². The number of hydrogen-bond donors (Lipinski definition) is 1. The fourth-order valence-corrected chi connectivity index (χ4v) is 2.15. The summed E-state index contributed by atoms with van der Waals surface area (Å²) >= 11 is 0. The van der Waals surface area contributed by atoms with E-state index in [4.69, 9.17) is 5.11 Å². The molecule has 138 valence electrons. The monoisotopic (exact) mass is 356 g/mol. The Labute approximate surface area is 145 Å². The Balaban J connectivity index is 2.70. The first kappa shape index (κ1) is 20.5. The third-order valence-electron chi connectivity index (χ3n) is 3.59. The number of carboxylic acid groups (broad SMARTS) is 1. The van der Waals surface area contributed by atoms with Gasteiger partial charge < -0.3 is 14.9 Å². The first-order valence-corrected chi connectivity index (χ1v) is 7.84. The molecule has 0 fully saturated rings. The molecule has 0 aromatic heterocycles. The van der Waals surface area contributed by atoms with Crippen molar-refractivity contribution in [1.82, 2.24) is 9.80 Å². The van der Waals surface area contributed by atoms with Crippen molar-refractivity contribution in [3.8, 4) is 0 Å². The highest BCUT2D eigenvalue weighted by atomic mass is 19.2. The van der Waals surface area contributed by atoms with Crippen LogP contribution in [0.3, 0.4) is 0 Å². The lowest BCUT2D eigenvalue weighted by molar-refractivity contribution is -0.138. The van der Waals surface area contributed by atoms with E-state index in [0.29, 0.717) is 12.0 Å². The number of amides is 2. The maximum absolute atomic E-state index is 13.3. The van der Waals surface area contributed by atoms with Gasteiger partial charge in [0.1, 0.15) is 0 Å². The second kappa shape index (κ2) is 9.71. The molecule has 0 saturated heterocycles. The minimum absolute atomic E-state index is 0.0229. The van der Waals surface area contributed by atoms with E-state index in [2.05, 4.69) is 0 Å². The molecular weight excluding hydrogens is 334 g/mol. The Kier molecular flexibility index (Phi) is 7.97. The first-order valence-electron chi connectivity index (χ1n) is 7.84. The third-order valence-corrected chi connectivity index (χ3v) is 3.59. The van der Waals surface area contributed by atoms with E-state index < -0.39 is 17.6 Å². The molecule has 1 aromatic carbocycles. The molecule has 0 heterocycles. The van der Waals surface area contributed by atoms with Crippen LogP contribution in [0, 0.1) is 11.6 Å². The average Bonchev–Trinajstić information content (AvgIpc) is 2.54. The van der Waals surface area contributed by atoms with Crippen LogP contribution in [0.5, 0.6) is 0 Å². The Morgan fingerprint density at radius 1 is 1.00 bits per heavy atom. The number of nitrogens with zero attached hydrogens (tertiary/aromatic N) is 2. The van der Waals surface area contributed by atoms with Crippen molar-refractivity contribution < 1.29 is 28.3 Å². The molecule has 0 saturated carbocycles. The van der Waals surface area contributed by atoms with Crippen molar-refractivity contribution in [2.75, 3.05) is 20.6 Å². The lowest BCUT2D eigenvalue weighted by Gasteiger charge is -2.22. The zero-order valence-electron chi connectivity index (χ0n) is 14.3. The van der Waals surface area contributed by atoms with E-state index in [9.17, 15) is 23.2 Å². The summed E-state index contributed by atoms with van der Waals surface area (Å²) in [4.78, 5) is 37.3. The largest absolute Gasteiger partial charge is 0.481 e. The van der Waals surface area contributed by atoms with E-state index in [1.165, 1.54) is 15.9 Å². The number of benzene rings is 1. The molecule has 8 heteroatoms. The van der Waals surface area contributed by atoms with Crippen molar-refractivity contribution in [2.24, 2.45) is 0 Å². The summed E-state index contributed by atoms with van der Waals surface area (Å²) in [7, 11) is 3.23. The van der Waals surface area contributed by atoms with Crippen molar-refractivity contribution >= 4 is 17.8 Å². The molecule has 1 N–H and O–H groups in total. The standard InChI is InChI=1S/C17H22F2N2O4/c1-20(2)15(22)4-3-5-16(23)21(9-8-17(24)25)11-12-6-7-13(18)14(19)10-12/h6-7,10H,3-5,8-9,11H2,1-2H3,(H,24,25). The number of hydrogen-bond acceptors (Lipinski definition) is 3. The Morgan fingerprint density at radius 2 is 1.64 bits per heavy atom. The van der Waals surface area contributed by atoms with Gasteiger partial charge in [0.05, 0.1) is 6.42 Å². The third kappa shape index (κ3) is 7.28. The van der Waals surface area contributed by atoms with E-state index in [1.807, 2.05) is 0 Å². The molecule has 0 spiro atoms. The van der Waals surface area contributed by atoms with Gasteiger partial charge in [0.25, 0.3) is 0 Å². The summed E-state index contributed by atoms with van der Waals surface area (Å²) in [5.74, 6) is -3.53. The van der Waals surface area contributed by atoms with Crippen LogP contribution >= 0.6 is 0 Å². The molecule has 0 aliphatic heterocycles. The minimum Gasteiger partial charge on any atom is -0.481 e. The number of carbonyl (C=O) groups is 3. The Hall–Kier alpha value is -2.51. The van der Waals surface area contributed by atoms with Crippen molar-refractivity contribution in [2.45, 2.75) is 32.2 Å². The van der Waals surface area contributed by atoms with Crippen LogP contribution in [-0.2, 0) is 20.9 Å². The van der Waals surface area contributed by atoms with E-state index >= 15 is 0 Å². The zero-order valence-corrected chi connectivity index (χ0v) is 14.3. The summed E-state index contributed by atoms with van der Waals surface area (Å²) in [5, 5.41) is 8.80. The molecule has 6 nitrogen and oxygen atoms in total. The smallest absolute Gasteiger partial charge is 0.305 e. The van der Waals surface area contributed by atoms with Crippen LogP contribution in [0.25, 0.3) is 0 Å². The fourth-order valence-electron chi connectivity index (χ4n) is 2.15. The second-order valence-electron chi connectivity index (χ2n) is 5.85. The van der Waals surface area contributed by atoms with Crippen molar-refractivity contribution in [1.29, 1.82) is 0 Å². The molecule has 0 radical (unpaired) electrons. The van der Waals surface area contributed by atoms with Crippen LogP contribution < -0.4 is 0 Å². The number of halogens is 2. The Morgan fingerprint density at radius 3 is 2.20 bits per heavy atom. The van der Waals surface area contributed by atoms with Gasteiger partial charge in [-0.3, -0.25) is 14.4 Å². The summed E-state index contributed by atoms with van der Waals surface area (Å²) in [5.41, 5.74) is 0.363. The summed E-state index contributed by atoms with van der Waals surface area (Å²) in [6.45, 7) is -0.0697. The van der Waals surface area contributed by atoms with Gasteiger partial charge in [-0.1, -0.05) is 6.07 Å². The van der Waals surface area contributed by atoms with Gasteiger partial charge >= 0.3 is 5.97 Å². The molecule has 1 rings (SSSR count). The van der Waals surface area contributed by atoms with Crippen LogP contribution in [0.1, 0.15) is 31.2 Å². The highest BCUT2D eigenvalue weighted by molar-refractivity contribution is 5.79. The molecule has 0 aliphatic carbocycles. The second-order valence-corrected chi connectivity index (χ2v) is 5.85. The quantitative estimate of drug-likeness (QED) is 0.734. The van der Waals surface area contributed by atoms with Crippen LogP contribution in [0.15, 0.2) is 18.2 Å². The van der Waals surface area contributed by atoms with Gasteiger partial charge in [0.15, 0.2) is 11.6 Å². The normalized spacial score (nSPS) is 10.4. The highest BCUT2D eigenvalue weighted by Crippen LogP contribution is 2.13. The lowest BCUT2D eigenvalue weighted by Crippen LogP contribution is -2.32. The molecule has 0 aliphatic rings. The Bertz CT molecular complexity index is 635. The number of aliphatic carboxylic acids is 1. The highest BCUT2D eigenvalue weighted by Gasteiger charge is 2.17. The van der Waals surface area contributed by atoms with Gasteiger partial charge in [-0.05, 0) is 24.1 Å². The van der Waals surface area contributed by atoms with Gasteiger partial charge in [-0.2, -0.15) is 0 Å². The molecule has 0 bridgehead atoms. The predicted octanol–water partition coefficient (Wildman–Crippen LogP) is 2.03. The van der Waals surface area contributed by atoms with Crippen LogP contribution in [-0.4, -0.2) is 53.3 Å². The van der Waals surface area contributed by atoms with Crippen molar-refractivity contribution in [3.05, 3.63) is 35.4 Å². The maximum Gasteiger partial charge on any atom is 0.305 e. The average molecular weight is 356 g/mol. The first-order chi connectivity index (χ1) is 11.7. The van der Waals surface area contributed by atoms with Crippen molar-refractivity contribution in [3.63, 3.8) is 0 Å². The molecule has 0 atom stereocenters. The van der Waals surface area contributed by atoms with E-state index in [1.54, 1.807) is 14.1 Å². The number of carbonyl (C=O) groups excluding carboxylic acids is 2. The molecule has 1 aromatic rings. The van der Waals surface area contributed by atoms with Crippen LogP contribution in [0.2, 0.25) is 0 Å². The topological polar surface area (TPSA) is 77.9 Å². The fraction of sp³-hybridized carbons (Fsp3) is 0.471. The number of carboxylic acids is 1. The summed E-state index contributed by atoms with van der Waals surface area (Å²) < 4.78 is 26.3. The van der Waals surface area contributed by atoms with Gasteiger partial charge in [-0.15, -0.1) is 0 Å². The van der Waals surface area contributed by atoms with Gasteiger partial charge in [0, 0.05) is 40.0 Å². The van der Waals surface area contributed by atoms with Crippen LogP contribution in [0.4, 0.5) is 8.78 Å². The maximum atomic E-state index is 13.3. The minimum atomic E-state index is -1.06. The van der Waals surface area contributed by atoms with E-state index in [-0.39, 0.29) is 44.2 Å². The molecule has 25 heavy (non-hydrogen) atoms. The zero-order chi connectivity index (χ0) is 19.0. The predicted molar refractivity (Wildman–Crippen MR) is 86.6 cm³/mol.